The molecule has 65 heavy (non-hydrogen) atoms. The zero-order valence-electron chi connectivity index (χ0n) is 38.3. The smallest absolute Gasteiger partial charge is 0.408 e. The molecule has 1 aliphatic rings. The van der Waals surface area contributed by atoms with Gasteiger partial charge in [-0.1, -0.05) is 104 Å². The molecule has 1 saturated carbocycles. The Bertz CT molecular complexity index is 2220. The number of carbonyl (C=O) groups excluding carboxylic acids is 6. The van der Waals surface area contributed by atoms with Crippen LogP contribution < -0.4 is 10.6 Å². The van der Waals surface area contributed by atoms with E-state index in [0.29, 0.717) is 41.5 Å². The number of alkyl carbamates (subject to hydrolysis) is 2. The highest BCUT2D eigenvalue weighted by Crippen LogP contribution is 2.32. The Kier molecular flexibility index (Phi) is 15.0. The van der Waals surface area contributed by atoms with Gasteiger partial charge in [-0.2, -0.15) is 0 Å². The minimum atomic E-state index is -1.61. The van der Waals surface area contributed by atoms with Crippen LogP contribution in [0.5, 0.6) is 0 Å². The molecule has 0 aromatic heterocycles. The second-order valence-electron chi connectivity index (χ2n) is 19.0. The van der Waals surface area contributed by atoms with Crippen LogP contribution in [0.15, 0.2) is 97.1 Å². The van der Waals surface area contributed by atoms with Gasteiger partial charge in [0.05, 0.1) is 0 Å². The van der Waals surface area contributed by atoms with Crippen molar-refractivity contribution in [2.75, 3.05) is 0 Å². The number of rotatable bonds is 16. The van der Waals surface area contributed by atoms with Gasteiger partial charge in [0.2, 0.25) is 0 Å². The van der Waals surface area contributed by atoms with E-state index in [1.807, 2.05) is 6.92 Å². The molecular formula is C51H60N2O12. The number of hydrogen-bond donors (Lipinski definition) is 6. The first-order valence-electron chi connectivity index (χ1n) is 21.6. The summed E-state index contributed by atoms with van der Waals surface area (Å²) >= 11 is 0. The summed E-state index contributed by atoms with van der Waals surface area (Å²) in [4.78, 5) is 78.5. The van der Waals surface area contributed by atoms with E-state index in [1.165, 1.54) is 104 Å². The largest absolute Gasteiger partial charge is 0.436 e. The maximum absolute atomic E-state index is 13.8. The van der Waals surface area contributed by atoms with Crippen LogP contribution in [0.4, 0.5) is 9.59 Å². The van der Waals surface area contributed by atoms with Crippen molar-refractivity contribution in [1.29, 1.82) is 0 Å². The van der Waals surface area contributed by atoms with Crippen LogP contribution in [-0.4, -0.2) is 90.2 Å². The van der Waals surface area contributed by atoms with Gasteiger partial charge in [0.1, 0.15) is 22.4 Å². The standard InChI is InChI=1S/C51H60N2O12/c1-29-10-27-38(52-46(58)64-40(30-11-19-34(20-12-30)42(54)48(2,3)60)31-13-21-35(22-14-31)43(55)49(4,5)61)28-39(29)53-47(59)65-41(32-15-23-36(24-16-32)44(56)50(6,7)62)33-17-25-37(26-18-33)45(57)51(8,9)63/h11-26,29,38-41,60-63H,10,27-28H2,1-9H3,(H,52,58)(H,53,59). The maximum Gasteiger partial charge on any atom is 0.408 e. The summed E-state index contributed by atoms with van der Waals surface area (Å²) in [6.07, 6.45) is -2.00. The van der Waals surface area contributed by atoms with Crippen molar-refractivity contribution in [2.24, 2.45) is 5.92 Å². The first-order valence-corrected chi connectivity index (χ1v) is 21.6. The molecule has 0 spiro atoms. The van der Waals surface area contributed by atoms with Gasteiger partial charge < -0.3 is 40.5 Å². The van der Waals surface area contributed by atoms with Crippen LogP contribution in [0.25, 0.3) is 0 Å². The van der Waals surface area contributed by atoms with Crippen molar-refractivity contribution < 1.29 is 58.7 Å². The van der Waals surface area contributed by atoms with E-state index in [0.717, 1.165) is 0 Å². The lowest BCUT2D eigenvalue weighted by atomic mass is 9.83. The van der Waals surface area contributed by atoms with Gasteiger partial charge in [0.25, 0.3) is 0 Å². The average Bonchev–Trinajstić information content (AvgIpc) is 3.24. The van der Waals surface area contributed by atoms with Crippen LogP contribution in [0.1, 0.15) is 157 Å². The molecule has 4 aromatic carbocycles. The number of hydrogen-bond acceptors (Lipinski definition) is 12. The van der Waals surface area contributed by atoms with Crippen molar-refractivity contribution in [1.82, 2.24) is 10.6 Å². The third-order valence-corrected chi connectivity index (χ3v) is 11.4. The van der Waals surface area contributed by atoms with E-state index < -0.39 is 82.0 Å². The molecule has 0 radical (unpaired) electrons. The fourth-order valence-electron chi connectivity index (χ4n) is 7.56. The van der Waals surface area contributed by atoms with Gasteiger partial charge in [-0.05, 0) is 103 Å². The third-order valence-electron chi connectivity index (χ3n) is 11.4. The van der Waals surface area contributed by atoms with Gasteiger partial charge in [-0.3, -0.25) is 19.2 Å². The molecule has 346 valence electrons. The van der Waals surface area contributed by atoms with E-state index in [2.05, 4.69) is 10.6 Å². The lowest BCUT2D eigenvalue weighted by Crippen LogP contribution is -2.49. The lowest BCUT2D eigenvalue weighted by Gasteiger charge is -2.35. The minimum Gasteiger partial charge on any atom is -0.436 e. The predicted octanol–water partition coefficient (Wildman–Crippen LogP) is 7.39. The number of benzene rings is 4. The molecule has 0 heterocycles. The molecule has 2 amide bonds. The highest BCUT2D eigenvalue weighted by Gasteiger charge is 2.34. The van der Waals surface area contributed by atoms with Crippen molar-refractivity contribution in [3.63, 3.8) is 0 Å². The molecule has 0 saturated heterocycles. The van der Waals surface area contributed by atoms with Gasteiger partial charge in [0, 0.05) is 34.3 Å². The van der Waals surface area contributed by atoms with Crippen LogP contribution in [0.3, 0.4) is 0 Å². The Labute approximate surface area is 379 Å². The molecule has 1 fully saturated rings. The summed E-state index contributed by atoms with van der Waals surface area (Å²) in [6.45, 7) is 13.1. The second-order valence-corrected chi connectivity index (χ2v) is 19.0. The van der Waals surface area contributed by atoms with E-state index in [9.17, 15) is 49.2 Å². The molecule has 0 aliphatic heterocycles. The minimum absolute atomic E-state index is 0.0164. The highest BCUT2D eigenvalue weighted by atomic mass is 16.6. The average molecular weight is 893 g/mol. The summed E-state index contributed by atoms with van der Waals surface area (Å²) in [5.74, 6) is -1.99. The van der Waals surface area contributed by atoms with E-state index in [1.54, 1.807) is 48.5 Å². The number of ether oxygens (including phenoxy) is 2. The number of Topliss-reactive ketones (excluding diaryl/α,β-unsaturated/α-hetero) is 4. The molecule has 1 aliphatic carbocycles. The normalized spacial score (nSPS) is 17.0. The van der Waals surface area contributed by atoms with E-state index >= 15 is 0 Å². The monoisotopic (exact) mass is 892 g/mol. The zero-order chi connectivity index (χ0) is 48.2. The van der Waals surface area contributed by atoms with Gasteiger partial charge in [-0.15, -0.1) is 0 Å². The quantitative estimate of drug-likeness (QED) is 0.0606. The zero-order valence-corrected chi connectivity index (χ0v) is 38.3. The maximum atomic E-state index is 13.8. The Balaban J connectivity index is 1.33. The third kappa shape index (κ3) is 12.8. The lowest BCUT2D eigenvalue weighted by molar-refractivity contribution is 0.0487. The van der Waals surface area contributed by atoms with Crippen LogP contribution in [0, 0.1) is 5.92 Å². The van der Waals surface area contributed by atoms with Crippen molar-refractivity contribution in [3.05, 3.63) is 142 Å². The topological polar surface area (TPSA) is 226 Å². The van der Waals surface area contributed by atoms with Crippen molar-refractivity contribution in [3.8, 4) is 0 Å². The van der Waals surface area contributed by atoms with Crippen molar-refractivity contribution in [2.45, 2.75) is 128 Å². The molecule has 4 aromatic rings. The summed E-state index contributed by atoms with van der Waals surface area (Å²) < 4.78 is 12.1. The Hall–Kier alpha value is -6.06. The SMILES string of the molecule is CC1CCC(NC(=O)OC(c2ccc(C(=O)C(C)(C)O)cc2)c2ccc(C(=O)C(C)(C)O)cc2)CC1NC(=O)OC(c1ccc(C(=O)C(C)(C)O)cc1)c1ccc(C(=O)C(C)(C)O)cc1. The Morgan fingerprint density at radius 1 is 0.462 bits per heavy atom. The van der Waals surface area contributed by atoms with Gasteiger partial charge in [0.15, 0.2) is 35.3 Å². The molecule has 3 unspecified atom stereocenters. The highest BCUT2D eigenvalue weighted by molar-refractivity contribution is 6.03. The Morgan fingerprint density at radius 3 is 0.985 bits per heavy atom. The first kappa shape index (κ1) is 49.9. The van der Waals surface area contributed by atoms with Crippen LogP contribution in [0.2, 0.25) is 0 Å². The van der Waals surface area contributed by atoms with Crippen molar-refractivity contribution >= 4 is 35.3 Å². The molecular weight excluding hydrogens is 833 g/mol. The number of amides is 2. The summed E-state index contributed by atoms with van der Waals surface area (Å²) in [6, 6.07) is 24.3. The number of ketones is 4. The number of nitrogens with one attached hydrogen (secondary N) is 2. The Morgan fingerprint density at radius 2 is 0.723 bits per heavy atom. The molecule has 6 N–H and O–H groups in total. The number of carbonyl (C=O) groups is 6. The first-order chi connectivity index (χ1) is 30.1. The fourth-order valence-corrected chi connectivity index (χ4v) is 7.56. The second kappa shape index (κ2) is 19.6. The van der Waals surface area contributed by atoms with Gasteiger partial charge in [-0.25, -0.2) is 9.59 Å². The molecule has 3 atom stereocenters. The molecule has 5 rings (SSSR count). The van der Waals surface area contributed by atoms with E-state index in [4.69, 9.17) is 9.47 Å². The van der Waals surface area contributed by atoms with Crippen LogP contribution in [-0.2, 0) is 9.47 Å². The summed E-state index contributed by atoms with van der Waals surface area (Å²) in [5, 5.41) is 47.0. The molecule has 14 heteroatoms. The predicted molar refractivity (Wildman–Crippen MR) is 242 cm³/mol. The van der Waals surface area contributed by atoms with E-state index in [-0.39, 0.29) is 28.2 Å². The van der Waals surface area contributed by atoms with Crippen LogP contribution >= 0.6 is 0 Å². The molecule has 14 nitrogen and oxygen atoms in total. The summed E-state index contributed by atoms with van der Waals surface area (Å²) in [5.41, 5.74) is -3.42. The summed E-state index contributed by atoms with van der Waals surface area (Å²) in [7, 11) is 0. The van der Waals surface area contributed by atoms with Gasteiger partial charge >= 0.3 is 12.2 Å². The number of aliphatic hydroxyl groups is 4. The fraction of sp³-hybridized carbons (Fsp3) is 0.412. The molecule has 0 bridgehead atoms.